The Bertz CT molecular complexity index is 1340. The Balaban J connectivity index is 1.66. The predicted octanol–water partition coefficient (Wildman–Crippen LogP) is 1.82. The van der Waals surface area contributed by atoms with Gasteiger partial charge in [-0.1, -0.05) is 61.8 Å². The number of benzene rings is 2. The van der Waals surface area contributed by atoms with Crippen LogP contribution < -0.4 is 16.7 Å². The molecule has 0 saturated heterocycles. The summed E-state index contributed by atoms with van der Waals surface area (Å²) in [5, 5.41) is 14.3. The molecule has 0 saturated carbocycles. The van der Waals surface area contributed by atoms with E-state index in [0.29, 0.717) is 10.6 Å². The molecular weight excluding hydrogens is 532 g/mol. The Morgan fingerprint density at radius 1 is 1.08 bits per heavy atom. The molecule has 0 aliphatic carbocycles. The van der Waals surface area contributed by atoms with Crippen molar-refractivity contribution in [2.45, 2.75) is 32.5 Å². The van der Waals surface area contributed by atoms with Gasteiger partial charge in [0.15, 0.2) is 6.10 Å². The molecule has 0 aliphatic heterocycles. The maximum Gasteiger partial charge on any atom is 0.339 e. The third kappa shape index (κ3) is 8.79. The number of aliphatic hydroxyl groups excluding tert-OH is 1. The summed E-state index contributed by atoms with van der Waals surface area (Å²) >= 11 is 6.07. The first-order valence-corrected chi connectivity index (χ1v) is 12.3. The van der Waals surface area contributed by atoms with E-state index in [2.05, 4.69) is 5.43 Å². The number of nitrogens with one attached hydrogen (secondary N) is 2. The van der Waals surface area contributed by atoms with Crippen LogP contribution in [-0.2, 0) is 25.6 Å². The number of esters is 2. The van der Waals surface area contributed by atoms with E-state index >= 15 is 0 Å². The number of hydrogen-bond donors (Lipinski definition) is 4. The minimum atomic E-state index is -1.73. The number of nitrogens with two attached hydrogens (primary N) is 1. The number of aromatic amines is 1. The lowest BCUT2D eigenvalue weighted by molar-refractivity contribution is -0.175. The van der Waals surface area contributed by atoms with Crippen LogP contribution in [0.3, 0.4) is 0 Å². The van der Waals surface area contributed by atoms with Crippen LogP contribution in [0.1, 0.15) is 30.0 Å². The van der Waals surface area contributed by atoms with Gasteiger partial charge in [0.1, 0.15) is 6.04 Å². The summed E-state index contributed by atoms with van der Waals surface area (Å²) in [6.07, 6.45) is -1.73. The monoisotopic (exact) mass is 560 g/mol. The van der Waals surface area contributed by atoms with Crippen LogP contribution in [0.4, 0.5) is 0 Å². The molecule has 2 atom stereocenters. The Kier molecular flexibility index (Phi) is 10.4. The van der Waals surface area contributed by atoms with E-state index in [0.717, 1.165) is 17.2 Å². The maximum atomic E-state index is 12.6. The van der Waals surface area contributed by atoms with Crippen LogP contribution in [0.5, 0.6) is 0 Å². The lowest BCUT2D eigenvalue weighted by Crippen LogP contribution is -2.47. The van der Waals surface area contributed by atoms with Crippen molar-refractivity contribution in [3.05, 3.63) is 81.3 Å². The largest absolute Gasteiger partial charge is 0.427 e. The Morgan fingerprint density at radius 3 is 2.38 bits per heavy atom. The van der Waals surface area contributed by atoms with E-state index in [1.165, 1.54) is 5.01 Å². The first kappa shape index (κ1) is 29.6. The number of H-pyrrole nitrogens is 1. The lowest BCUT2D eigenvalue weighted by Gasteiger charge is -2.24. The SMILES string of the molecule is CC(C)C(N)C(=O)OCOC(=O)C(O)CN(Cc1ccc(-c2cccc(Cl)c2)cc1)NC(=O)c1cc(=O)[nH]o1. The molecule has 13 heteroatoms. The van der Waals surface area contributed by atoms with Gasteiger partial charge in [0.2, 0.25) is 12.6 Å². The number of carbonyl (C=O) groups excluding carboxylic acids is 3. The number of hydrazine groups is 1. The van der Waals surface area contributed by atoms with Crippen molar-refractivity contribution < 1.29 is 33.5 Å². The van der Waals surface area contributed by atoms with Gasteiger partial charge in [0.25, 0.3) is 5.56 Å². The quantitative estimate of drug-likeness (QED) is 0.145. The average Bonchev–Trinajstić information content (AvgIpc) is 3.34. The van der Waals surface area contributed by atoms with Crippen molar-refractivity contribution in [3.8, 4) is 11.1 Å². The van der Waals surface area contributed by atoms with E-state index in [1.54, 1.807) is 32.0 Å². The lowest BCUT2D eigenvalue weighted by atomic mass is 10.0. The molecule has 0 radical (unpaired) electrons. The molecule has 208 valence electrons. The second-order valence-corrected chi connectivity index (χ2v) is 9.37. The minimum absolute atomic E-state index is 0.0544. The number of hydrogen-bond acceptors (Lipinski definition) is 10. The number of aliphatic hydroxyl groups is 1. The summed E-state index contributed by atoms with van der Waals surface area (Å²) in [7, 11) is 0. The molecule has 12 nitrogen and oxygen atoms in total. The van der Waals surface area contributed by atoms with Crippen molar-refractivity contribution in [2.24, 2.45) is 11.7 Å². The number of rotatable bonds is 12. The summed E-state index contributed by atoms with van der Waals surface area (Å²) < 4.78 is 14.4. The molecule has 1 amide bonds. The van der Waals surface area contributed by atoms with Crippen LogP contribution in [-0.4, -0.2) is 58.6 Å². The molecule has 0 fully saturated rings. The van der Waals surface area contributed by atoms with Gasteiger partial charge in [0, 0.05) is 11.6 Å². The number of amides is 1. The molecule has 0 aliphatic rings. The van der Waals surface area contributed by atoms with Gasteiger partial charge < -0.3 is 24.8 Å². The highest BCUT2D eigenvalue weighted by molar-refractivity contribution is 6.30. The van der Waals surface area contributed by atoms with Gasteiger partial charge in [-0.15, -0.1) is 0 Å². The zero-order valence-electron chi connectivity index (χ0n) is 21.3. The van der Waals surface area contributed by atoms with Crippen molar-refractivity contribution >= 4 is 29.4 Å². The fraction of sp³-hybridized carbons (Fsp3) is 0.308. The molecule has 3 aromatic rings. The fourth-order valence-corrected chi connectivity index (χ4v) is 3.52. The minimum Gasteiger partial charge on any atom is -0.427 e. The van der Waals surface area contributed by atoms with Crippen LogP contribution in [0.15, 0.2) is 63.9 Å². The van der Waals surface area contributed by atoms with E-state index in [-0.39, 0.29) is 18.2 Å². The van der Waals surface area contributed by atoms with Crippen molar-refractivity contribution in [1.82, 2.24) is 15.6 Å². The van der Waals surface area contributed by atoms with Gasteiger partial charge >= 0.3 is 17.8 Å². The fourth-order valence-electron chi connectivity index (χ4n) is 3.33. The zero-order valence-corrected chi connectivity index (χ0v) is 22.0. The summed E-state index contributed by atoms with van der Waals surface area (Å²) in [5.74, 6) is -3.12. The van der Waals surface area contributed by atoms with E-state index in [1.807, 2.05) is 35.5 Å². The number of carbonyl (C=O) groups is 3. The Labute approximate surface area is 228 Å². The first-order valence-electron chi connectivity index (χ1n) is 11.9. The topological polar surface area (TPSA) is 177 Å². The molecule has 1 heterocycles. The molecular formula is C26H29ClN4O8. The van der Waals surface area contributed by atoms with Gasteiger partial charge in [-0.3, -0.25) is 19.8 Å². The second-order valence-electron chi connectivity index (χ2n) is 8.94. The zero-order chi connectivity index (χ0) is 28.5. The summed E-state index contributed by atoms with van der Waals surface area (Å²) in [4.78, 5) is 48.0. The van der Waals surface area contributed by atoms with Crippen LogP contribution in [0.2, 0.25) is 5.02 Å². The van der Waals surface area contributed by atoms with Crippen molar-refractivity contribution in [3.63, 3.8) is 0 Å². The van der Waals surface area contributed by atoms with E-state index in [4.69, 9.17) is 31.3 Å². The van der Waals surface area contributed by atoms with Gasteiger partial charge in [-0.2, -0.15) is 5.16 Å². The van der Waals surface area contributed by atoms with Crippen LogP contribution in [0, 0.1) is 5.92 Å². The van der Waals surface area contributed by atoms with Crippen molar-refractivity contribution in [1.29, 1.82) is 0 Å². The summed E-state index contributed by atoms with van der Waals surface area (Å²) in [6.45, 7) is 2.37. The van der Waals surface area contributed by atoms with E-state index < -0.39 is 48.9 Å². The molecule has 0 bridgehead atoms. The van der Waals surface area contributed by atoms with Gasteiger partial charge in [-0.25, -0.2) is 9.80 Å². The first-order chi connectivity index (χ1) is 18.5. The summed E-state index contributed by atoms with van der Waals surface area (Å²) in [6, 6.07) is 14.7. The highest BCUT2D eigenvalue weighted by atomic mass is 35.5. The Hall–Kier alpha value is -3.97. The number of nitrogens with zero attached hydrogens (tertiary/aromatic N) is 1. The second kappa shape index (κ2) is 13.7. The number of aromatic nitrogens is 1. The number of ether oxygens (including phenoxy) is 2. The van der Waals surface area contributed by atoms with Crippen molar-refractivity contribution in [2.75, 3.05) is 13.3 Å². The average molecular weight is 561 g/mol. The van der Waals surface area contributed by atoms with Gasteiger partial charge in [0.05, 0.1) is 12.6 Å². The standard InChI is InChI=1S/C26H29ClN4O8/c1-15(2)23(28)26(36)38-14-37-25(35)20(32)13-31(29-24(34)21-11-22(33)30-39-21)12-16-6-8-17(9-7-16)18-4-3-5-19(27)10-18/h3-11,15,20,23,32H,12-14,28H2,1-2H3,(H,29,34)(H,30,33). The molecule has 3 rings (SSSR count). The summed E-state index contributed by atoms with van der Waals surface area (Å²) in [5.41, 5.74) is 10.1. The molecule has 2 unspecified atom stereocenters. The molecule has 2 aromatic carbocycles. The highest BCUT2D eigenvalue weighted by Crippen LogP contribution is 2.23. The smallest absolute Gasteiger partial charge is 0.339 e. The molecule has 39 heavy (non-hydrogen) atoms. The van der Waals surface area contributed by atoms with E-state index in [9.17, 15) is 24.3 Å². The van der Waals surface area contributed by atoms with Crippen LogP contribution >= 0.6 is 11.6 Å². The third-order valence-corrected chi connectivity index (χ3v) is 5.79. The maximum absolute atomic E-state index is 12.6. The highest BCUT2D eigenvalue weighted by Gasteiger charge is 2.25. The predicted molar refractivity (Wildman–Crippen MR) is 140 cm³/mol. The molecule has 5 N–H and O–H groups in total. The molecule has 1 aromatic heterocycles. The van der Waals surface area contributed by atoms with Gasteiger partial charge in [-0.05, 0) is 34.7 Å². The Morgan fingerprint density at radius 2 is 1.77 bits per heavy atom. The third-order valence-electron chi connectivity index (χ3n) is 5.55. The van der Waals surface area contributed by atoms with Crippen LogP contribution in [0.25, 0.3) is 11.1 Å². The normalized spacial score (nSPS) is 12.7. The molecule has 0 spiro atoms. The number of halogens is 1.